The number of piperazine rings is 1. The molecule has 2 fully saturated rings. The molecule has 4 aliphatic heterocycles. The predicted molar refractivity (Wildman–Crippen MR) is 187 cm³/mol. The van der Waals surface area contributed by atoms with Gasteiger partial charge in [0.1, 0.15) is 11.7 Å². The van der Waals surface area contributed by atoms with Gasteiger partial charge in [0.25, 0.3) is 17.7 Å². The first-order chi connectivity index (χ1) is 24.7. The summed E-state index contributed by atoms with van der Waals surface area (Å²) in [6.07, 6.45) is 3.90. The van der Waals surface area contributed by atoms with E-state index in [-0.39, 0.29) is 59.6 Å². The van der Waals surface area contributed by atoms with Gasteiger partial charge in [-0.3, -0.25) is 43.9 Å². The van der Waals surface area contributed by atoms with Gasteiger partial charge >= 0.3 is 0 Å². The van der Waals surface area contributed by atoms with Gasteiger partial charge in [0, 0.05) is 57.5 Å². The number of aromatic nitrogens is 1. The average Bonchev–Trinajstić information content (AvgIpc) is 3.76. The molecule has 4 aliphatic rings. The molecular weight excluding hydrogens is 678 g/mol. The second-order valence-electron chi connectivity index (χ2n) is 12.5. The number of hydrazine groups is 1. The highest BCUT2D eigenvalue weighted by molar-refractivity contribution is 6.34. The molecule has 2 atom stereocenters. The lowest BCUT2D eigenvalue weighted by Gasteiger charge is -2.36. The number of nitrogens with zero attached hydrogens (tertiary/aromatic N) is 4. The summed E-state index contributed by atoms with van der Waals surface area (Å²) in [7, 11) is 0. The molecule has 262 valence electrons. The quantitative estimate of drug-likeness (QED) is 0.205. The van der Waals surface area contributed by atoms with Crippen LogP contribution in [-0.4, -0.2) is 89.0 Å². The molecular formula is C35H34ClN9O6. The van der Waals surface area contributed by atoms with Gasteiger partial charge in [-0.1, -0.05) is 23.7 Å². The van der Waals surface area contributed by atoms with Crippen LogP contribution in [0.15, 0.2) is 66.9 Å². The Kier molecular flexibility index (Phi) is 9.49. The SMILES string of the molecule is O=C1CCC(N2C(=O)c3cccc(NC(=O)CCN4CCN(c5ccc(NC(=O)c6cccc(C7C=CNN7)n6)c(Cl)c5)CC4)c3C2=O)C(=O)N1. The number of hydrogen-bond acceptors (Lipinski definition) is 11. The summed E-state index contributed by atoms with van der Waals surface area (Å²) in [4.78, 5) is 86.0. The number of anilines is 3. The maximum Gasteiger partial charge on any atom is 0.274 e. The number of carbonyl (C=O) groups is 6. The zero-order valence-electron chi connectivity index (χ0n) is 27.3. The number of pyridine rings is 1. The second kappa shape index (κ2) is 14.3. The Bertz CT molecular complexity index is 1980. The normalized spacial score (nSPS) is 20.3. The van der Waals surface area contributed by atoms with E-state index in [4.69, 9.17) is 11.6 Å². The molecule has 0 aliphatic carbocycles. The first kappa shape index (κ1) is 33.8. The number of rotatable bonds is 9. The fourth-order valence-electron chi connectivity index (χ4n) is 6.56. The summed E-state index contributed by atoms with van der Waals surface area (Å²) in [5.74, 6) is -3.15. The lowest BCUT2D eigenvalue weighted by molar-refractivity contribution is -0.136. The lowest BCUT2D eigenvalue weighted by atomic mass is 10.0. The van der Waals surface area contributed by atoms with Gasteiger partial charge in [-0.15, -0.1) is 0 Å². The standard InChI is InChI=1S/C35H34ClN9O6/c36-22-19-20(7-8-23(22)40-32(48)27-6-2-4-24(38-27)25-11-13-37-42-25)44-17-15-43(16-18-44)14-12-30(47)39-26-5-1-3-21-31(26)35(51)45(34(21)50)28-9-10-29(46)41-33(28)49/h1-8,11,13,19,25,28,37,42H,9-10,12,14-18H2,(H,39,47)(H,40,48)(H,41,46,49). The van der Waals surface area contributed by atoms with Gasteiger partial charge in [0.05, 0.1) is 39.3 Å². The number of benzene rings is 2. The van der Waals surface area contributed by atoms with Gasteiger partial charge < -0.3 is 21.0 Å². The molecule has 5 heterocycles. The molecule has 2 unspecified atom stereocenters. The molecule has 5 N–H and O–H groups in total. The fourth-order valence-corrected chi connectivity index (χ4v) is 6.79. The molecule has 3 aromatic rings. The topological polar surface area (TPSA) is 185 Å². The number of imide groups is 2. The van der Waals surface area contributed by atoms with E-state index in [2.05, 4.69) is 41.6 Å². The van der Waals surface area contributed by atoms with Crippen LogP contribution in [0.3, 0.4) is 0 Å². The van der Waals surface area contributed by atoms with Crippen LogP contribution >= 0.6 is 11.6 Å². The van der Waals surface area contributed by atoms with Crippen molar-refractivity contribution in [1.29, 1.82) is 0 Å². The highest BCUT2D eigenvalue weighted by Gasteiger charge is 2.45. The Morgan fingerprint density at radius 2 is 1.73 bits per heavy atom. The van der Waals surface area contributed by atoms with E-state index in [1.54, 1.807) is 36.5 Å². The van der Waals surface area contributed by atoms with Crippen molar-refractivity contribution in [3.63, 3.8) is 0 Å². The fraction of sp³-hybridized carbons (Fsp3) is 0.286. The van der Waals surface area contributed by atoms with Crippen molar-refractivity contribution in [1.82, 2.24) is 31.0 Å². The Morgan fingerprint density at radius 1 is 0.922 bits per heavy atom. The van der Waals surface area contributed by atoms with Gasteiger partial charge in [0.2, 0.25) is 17.7 Å². The number of fused-ring (bicyclic) bond motifs is 1. The summed E-state index contributed by atoms with van der Waals surface area (Å²) >= 11 is 6.59. The van der Waals surface area contributed by atoms with E-state index < -0.39 is 29.7 Å². The van der Waals surface area contributed by atoms with Gasteiger partial charge in [-0.25, -0.2) is 10.4 Å². The van der Waals surface area contributed by atoms with E-state index in [9.17, 15) is 28.8 Å². The predicted octanol–water partition coefficient (Wildman–Crippen LogP) is 2.20. The molecule has 0 saturated carbocycles. The minimum absolute atomic E-state index is 0.0190. The molecule has 0 spiro atoms. The third-order valence-corrected chi connectivity index (χ3v) is 9.58. The minimum atomic E-state index is -1.09. The molecule has 15 nitrogen and oxygen atoms in total. The molecule has 2 saturated heterocycles. The Labute approximate surface area is 297 Å². The molecule has 6 amide bonds. The van der Waals surface area contributed by atoms with E-state index in [1.807, 2.05) is 24.3 Å². The van der Waals surface area contributed by atoms with Crippen LogP contribution < -0.4 is 31.7 Å². The molecule has 2 aromatic carbocycles. The van der Waals surface area contributed by atoms with Gasteiger partial charge in [-0.2, -0.15) is 0 Å². The minimum Gasteiger partial charge on any atom is -0.369 e. The van der Waals surface area contributed by atoms with Crippen LogP contribution in [0.1, 0.15) is 62.2 Å². The second-order valence-corrected chi connectivity index (χ2v) is 12.9. The molecule has 0 bridgehead atoms. The number of piperidine rings is 1. The van der Waals surface area contributed by atoms with Gasteiger partial charge in [-0.05, 0) is 55.0 Å². The van der Waals surface area contributed by atoms with Crippen LogP contribution in [0.4, 0.5) is 17.1 Å². The first-order valence-corrected chi connectivity index (χ1v) is 16.9. The molecule has 7 rings (SSSR count). The zero-order chi connectivity index (χ0) is 35.6. The van der Waals surface area contributed by atoms with Crippen molar-refractivity contribution in [3.8, 4) is 0 Å². The summed E-state index contributed by atoms with van der Waals surface area (Å²) in [5.41, 5.74) is 8.64. The van der Waals surface area contributed by atoms with Crippen molar-refractivity contribution in [3.05, 3.63) is 94.4 Å². The lowest BCUT2D eigenvalue weighted by Crippen LogP contribution is -2.54. The smallest absolute Gasteiger partial charge is 0.274 e. The van der Waals surface area contributed by atoms with E-state index >= 15 is 0 Å². The van der Waals surface area contributed by atoms with Crippen molar-refractivity contribution in [2.24, 2.45) is 0 Å². The van der Waals surface area contributed by atoms with Crippen LogP contribution in [0.5, 0.6) is 0 Å². The van der Waals surface area contributed by atoms with E-state index in [0.717, 1.165) is 10.6 Å². The summed E-state index contributed by atoms with van der Waals surface area (Å²) in [5, 5.41) is 8.20. The molecule has 1 aromatic heterocycles. The van der Waals surface area contributed by atoms with Crippen LogP contribution in [-0.2, 0) is 14.4 Å². The number of amides is 6. The van der Waals surface area contributed by atoms with Gasteiger partial charge in [0.15, 0.2) is 0 Å². The molecule has 0 radical (unpaired) electrons. The van der Waals surface area contributed by atoms with Crippen molar-refractivity contribution in [2.45, 2.75) is 31.3 Å². The number of halogens is 1. The first-order valence-electron chi connectivity index (χ1n) is 16.5. The highest BCUT2D eigenvalue weighted by Crippen LogP contribution is 2.33. The Balaban J connectivity index is 0.898. The zero-order valence-corrected chi connectivity index (χ0v) is 28.0. The number of carbonyl (C=O) groups excluding carboxylic acids is 6. The largest absolute Gasteiger partial charge is 0.369 e. The summed E-state index contributed by atoms with van der Waals surface area (Å²) in [6, 6.07) is 14.1. The van der Waals surface area contributed by atoms with Crippen molar-refractivity contribution >= 4 is 64.1 Å². The van der Waals surface area contributed by atoms with Crippen LogP contribution in [0.25, 0.3) is 0 Å². The van der Waals surface area contributed by atoms with Crippen molar-refractivity contribution in [2.75, 3.05) is 48.3 Å². The number of hydrogen-bond donors (Lipinski definition) is 5. The maximum absolute atomic E-state index is 13.3. The van der Waals surface area contributed by atoms with Crippen LogP contribution in [0.2, 0.25) is 5.02 Å². The third kappa shape index (κ3) is 7.04. The number of nitrogens with one attached hydrogen (secondary N) is 5. The monoisotopic (exact) mass is 711 g/mol. The third-order valence-electron chi connectivity index (χ3n) is 9.27. The Hall–Kier alpha value is -5.64. The Morgan fingerprint density at radius 3 is 2.47 bits per heavy atom. The van der Waals surface area contributed by atoms with E-state index in [1.165, 1.54) is 6.07 Å². The average molecular weight is 712 g/mol. The highest BCUT2D eigenvalue weighted by atomic mass is 35.5. The summed E-state index contributed by atoms with van der Waals surface area (Å²) in [6.45, 7) is 3.26. The van der Waals surface area contributed by atoms with E-state index in [0.29, 0.717) is 49.1 Å². The maximum atomic E-state index is 13.3. The molecule has 51 heavy (non-hydrogen) atoms. The van der Waals surface area contributed by atoms with Crippen molar-refractivity contribution < 1.29 is 28.8 Å². The van der Waals surface area contributed by atoms with Crippen LogP contribution in [0, 0.1) is 0 Å². The molecule has 16 heteroatoms. The summed E-state index contributed by atoms with van der Waals surface area (Å²) < 4.78 is 0.